The second-order valence-electron chi connectivity index (χ2n) is 7.04. The number of aromatic nitrogens is 1. The molecule has 176 valence electrons. The van der Waals surface area contributed by atoms with Crippen LogP contribution in [0.25, 0.3) is 6.08 Å². The number of nitro benzene ring substituents is 1. The average Bonchev–Trinajstić information content (AvgIpc) is 3.21. The SMILES string of the molecule is CC(=O)N(c1cccc(C(F)(F)F)c1)c1nc(/C=C/C(=O)Nc2ccc(C)c([N+](=O)[O-])c2)cs1. The number of carbonyl (C=O) groups is 2. The summed E-state index contributed by atoms with van der Waals surface area (Å²) in [5.74, 6) is -1.11. The number of alkyl halides is 3. The summed E-state index contributed by atoms with van der Waals surface area (Å²) < 4.78 is 39.2. The van der Waals surface area contributed by atoms with Crippen LogP contribution in [0.4, 0.5) is 35.4 Å². The van der Waals surface area contributed by atoms with Crippen molar-refractivity contribution in [1.82, 2.24) is 4.98 Å². The van der Waals surface area contributed by atoms with E-state index in [1.54, 1.807) is 6.92 Å². The standard InChI is InChI=1S/C22H17F3N4O4S/c1-13-6-7-16(11-19(13)29(32)33)26-20(31)9-8-17-12-34-21(27-17)28(14(2)30)18-5-3-4-15(10-18)22(23,24)25/h3-12H,1-2H3,(H,26,31)/b9-8+. The van der Waals surface area contributed by atoms with Gasteiger partial charge in [0.15, 0.2) is 5.13 Å². The summed E-state index contributed by atoms with van der Waals surface area (Å²) in [6.45, 7) is 2.78. The highest BCUT2D eigenvalue weighted by atomic mass is 32.1. The molecule has 1 heterocycles. The van der Waals surface area contributed by atoms with Gasteiger partial charge < -0.3 is 5.32 Å². The first kappa shape index (κ1) is 24.6. The van der Waals surface area contributed by atoms with Gasteiger partial charge in [0.1, 0.15) is 0 Å². The molecule has 12 heteroatoms. The number of amides is 2. The molecule has 0 aliphatic heterocycles. The van der Waals surface area contributed by atoms with E-state index in [1.165, 1.54) is 48.7 Å². The molecule has 0 radical (unpaired) electrons. The van der Waals surface area contributed by atoms with Gasteiger partial charge in [0.05, 0.1) is 21.9 Å². The third kappa shape index (κ3) is 5.84. The molecule has 3 aromatic rings. The van der Waals surface area contributed by atoms with Gasteiger partial charge >= 0.3 is 6.18 Å². The minimum absolute atomic E-state index is 0.00548. The largest absolute Gasteiger partial charge is 0.416 e. The molecule has 8 nitrogen and oxygen atoms in total. The van der Waals surface area contributed by atoms with Crippen molar-refractivity contribution in [2.24, 2.45) is 0 Å². The monoisotopic (exact) mass is 490 g/mol. The van der Waals surface area contributed by atoms with Gasteiger partial charge in [-0.2, -0.15) is 13.2 Å². The molecule has 0 spiro atoms. The summed E-state index contributed by atoms with van der Waals surface area (Å²) in [4.78, 5) is 40.1. The maximum Gasteiger partial charge on any atom is 0.416 e. The number of thiazole rings is 1. The number of nitrogens with zero attached hydrogens (tertiary/aromatic N) is 3. The first-order valence-electron chi connectivity index (χ1n) is 9.63. The Labute approximate surface area is 195 Å². The summed E-state index contributed by atoms with van der Waals surface area (Å²) in [6.07, 6.45) is -2.07. The molecule has 34 heavy (non-hydrogen) atoms. The van der Waals surface area contributed by atoms with Gasteiger partial charge in [0.2, 0.25) is 11.8 Å². The van der Waals surface area contributed by atoms with E-state index in [0.29, 0.717) is 11.3 Å². The lowest BCUT2D eigenvalue weighted by atomic mass is 10.2. The lowest BCUT2D eigenvalue weighted by Gasteiger charge is -2.19. The minimum atomic E-state index is -4.57. The van der Waals surface area contributed by atoms with E-state index in [4.69, 9.17) is 0 Å². The Morgan fingerprint density at radius 1 is 1.21 bits per heavy atom. The number of rotatable bonds is 6. The summed E-state index contributed by atoms with van der Waals surface area (Å²) in [5.41, 5.74) is -0.0532. The van der Waals surface area contributed by atoms with E-state index >= 15 is 0 Å². The van der Waals surface area contributed by atoms with Crippen molar-refractivity contribution in [3.05, 3.63) is 80.9 Å². The van der Waals surface area contributed by atoms with E-state index < -0.39 is 28.5 Å². The molecule has 0 bridgehead atoms. The third-order valence-corrected chi connectivity index (χ3v) is 5.37. The first-order valence-corrected chi connectivity index (χ1v) is 10.5. The molecule has 0 aliphatic carbocycles. The number of nitrogens with one attached hydrogen (secondary N) is 1. The normalized spacial score (nSPS) is 11.4. The number of hydrogen-bond acceptors (Lipinski definition) is 6. The zero-order valence-electron chi connectivity index (χ0n) is 17.8. The van der Waals surface area contributed by atoms with Crippen LogP contribution in [-0.2, 0) is 15.8 Å². The average molecular weight is 490 g/mol. The van der Waals surface area contributed by atoms with Gasteiger partial charge in [0.25, 0.3) is 5.69 Å². The van der Waals surface area contributed by atoms with Crippen LogP contribution < -0.4 is 10.2 Å². The van der Waals surface area contributed by atoms with Crippen LogP contribution in [0.1, 0.15) is 23.7 Å². The van der Waals surface area contributed by atoms with Crippen LogP contribution in [0.5, 0.6) is 0 Å². The lowest BCUT2D eigenvalue weighted by molar-refractivity contribution is -0.385. The Morgan fingerprint density at radius 2 is 1.94 bits per heavy atom. The van der Waals surface area contributed by atoms with Crippen molar-refractivity contribution in [2.45, 2.75) is 20.0 Å². The van der Waals surface area contributed by atoms with Crippen LogP contribution in [0.2, 0.25) is 0 Å². The molecule has 1 aromatic heterocycles. The van der Waals surface area contributed by atoms with E-state index in [0.717, 1.165) is 34.4 Å². The van der Waals surface area contributed by atoms with Crippen LogP contribution in [0, 0.1) is 17.0 Å². The Hall–Kier alpha value is -4.06. The van der Waals surface area contributed by atoms with E-state index in [1.807, 2.05) is 0 Å². The molecule has 2 amide bonds. The molecular formula is C22H17F3N4O4S. The number of aryl methyl sites for hydroxylation is 1. The Kier molecular flexibility index (Phi) is 7.11. The van der Waals surface area contributed by atoms with Crippen LogP contribution in [0.3, 0.4) is 0 Å². The maximum absolute atomic E-state index is 13.1. The van der Waals surface area contributed by atoms with Crippen molar-refractivity contribution >= 4 is 51.4 Å². The molecule has 0 saturated heterocycles. The highest BCUT2D eigenvalue weighted by molar-refractivity contribution is 7.14. The van der Waals surface area contributed by atoms with E-state index in [-0.39, 0.29) is 22.2 Å². The smallest absolute Gasteiger partial charge is 0.322 e. The van der Waals surface area contributed by atoms with Crippen molar-refractivity contribution in [3.63, 3.8) is 0 Å². The number of hydrogen-bond donors (Lipinski definition) is 1. The fourth-order valence-electron chi connectivity index (χ4n) is 2.93. The van der Waals surface area contributed by atoms with Crippen LogP contribution in [0.15, 0.2) is 53.9 Å². The Morgan fingerprint density at radius 3 is 2.59 bits per heavy atom. The van der Waals surface area contributed by atoms with Crippen molar-refractivity contribution < 1.29 is 27.7 Å². The number of nitro groups is 1. The third-order valence-electron chi connectivity index (χ3n) is 4.53. The van der Waals surface area contributed by atoms with Gasteiger partial charge in [-0.05, 0) is 37.3 Å². The predicted octanol–water partition coefficient (Wildman–Crippen LogP) is 5.72. The summed E-state index contributed by atoms with van der Waals surface area (Å²) in [6, 6.07) is 8.58. The Bertz CT molecular complexity index is 1290. The maximum atomic E-state index is 13.1. The molecule has 0 unspecified atom stereocenters. The number of benzene rings is 2. The number of carbonyl (C=O) groups excluding carboxylic acids is 2. The van der Waals surface area contributed by atoms with Gasteiger partial charge in [-0.1, -0.05) is 12.1 Å². The molecule has 0 aliphatic rings. The van der Waals surface area contributed by atoms with Crippen LogP contribution >= 0.6 is 11.3 Å². The molecule has 3 rings (SSSR count). The van der Waals surface area contributed by atoms with Crippen molar-refractivity contribution in [1.29, 1.82) is 0 Å². The molecule has 0 saturated carbocycles. The van der Waals surface area contributed by atoms with Crippen molar-refractivity contribution in [3.8, 4) is 0 Å². The molecular weight excluding hydrogens is 473 g/mol. The summed E-state index contributed by atoms with van der Waals surface area (Å²) in [5, 5.41) is 15.2. The predicted molar refractivity (Wildman–Crippen MR) is 122 cm³/mol. The van der Waals surface area contributed by atoms with Gasteiger partial charge in [0, 0.05) is 35.7 Å². The van der Waals surface area contributed by atoms with Gasteiger partial charge in [-0.3, -0.25) is 24.6 Å². The molecule has 1 N–H and O–H groups in total. The Balaban J connectivity index is 1.77. The first-order chi connectivity index (χ1) is 16.0. The summed E-state index contributed by atoms with van der Waals surface area (Å²) >= 11 is 1.01. The fraction of sp³-hybridized carbons (Fsp3) is 0.136. The summed E-state index contributed by atoms with van der Waals surface area (Å²) in [7, 11) is 0. The fourth-order valence-corrected chi connectivity index (χ4v) is 3.79. The van der Waals surface area contributed by atoms with Gasteiger partial charge in [-0.25, -0.2) is 4.98 Å². The van der Waals surface area contributed by atoms with Crippen LogP contribution in [-0.4, -0.2) is 21.7 Å². The lowest BCUT2D eigenvalue weighted by Crippen LogP contribution is -2.23. The zero-order valence-corrected chi connectivity index (χ0v) is 18.6. The second kappa shape index (κ2) is 9.83. The van der Waals surface area contributed by atoms with E-state index in [9.17, 15) is 32.9 Å². The highest BCUT2D eigenvalue weighted by Gasteiger charge is 2.31. The van der Waals surface area contributed by atoms with Gasteiger partial charge in [-0.15, -0.1) is 11.3 Å². The topological polar surface area (TPSA) is 105 Å². The molecule has 0 fully saturated rings. The van der Waals surface area contributed by atoms with Crippen molar-refractivity contribution in [2.75, 3.05) is 10.2 Å². The molecule has 2 aromatic carbocycles. The van der Waals surface area contributed by atoms with E-state index in [2.05, 4.69) is 10.3 Å². The number of halogens is 3. The quantitative estimate of drug-likeness (QED) is 0.270. The number of anilines is 3. The molecule has 0 atom stereocenters. The highest BCUT2D eigenvalue weighted by Crippen LogP contribution is 2.35. The zero-order chi connectivity index (χ0) is 25.0. The minimum Gasteiger partial charge on any atom is -0.322 e. The second-order valence-corrected chi connectivity index (χ2v) is 7.87.